The van der Waals surface area contributed by atoms with Crippen molar-refractivity contribution in [1.82, 2.24) is 4.98 Å². The Balaban J connectivity index is 1.39. The lowest BCUT2D eigenvalue weighted by Gasteiger charge is -2.19. The first-order chi connectivity index (χ1) is 15.6. The van der Waals surface area contributed by atoms with Crippen molar-refractivity contribution in [3.8, 4) is 28.1 Å². The fourth-order valence-electron chi connectivity index (χ4n) is 3.79. The SMILES string of the molecule is COc1cccc(N2CC(O)=C(c3nc(-c4ccc(-c5ccccc5)cc4)cs3)C2=N)c1. The van der Waals surface area contributed by atoms with Gasteiger partial charge in [-0.25, -0.2) is 4.98 Å². The Hall–Kier alpha value is -3.90. The molecule has 2 N–H and O–H groups in total. The van der Waals surface area contributed by atoms with Crippen molar-refractivity contribution in [2.75, 3.05) is 18.6 Å². The Bertz CT molecular complexity index is 1310. The van der Waals surface area contributed by atoms with Gasteiger partial charge in [0.15, 0.2) is 0 Å². The highest BCUT2D eigenvalue weighted by molar-refractivity contribution is 7.11. The maximum Gasteiger partial charge on any atom is 0.139 e. The minimum absolute atomic E-state index is 0.151. The fourth-order valence-corrected chi connectivity index (χ4v) is 4.68. The van der Waals surface area contributed by atoms with Crippen LogP contribution in [0.25, 0.3) is 28.0 Å². The number of rotatable bonds is 5. The number of anilines is 1. The van der Waals surface area contributed by atoms with Crippen LogP contribution in [0.5, 0.6) is 5.75 Å². The van der Waals surface area contributed by atoms with E-state index in [1.54, 1.807) is 12.0 Å². The number of ether oxygens (including phenoxy) is 1. The van der Waals surface area contributed by atoms with Gasteiger partial charge in [0.2, 0.25) is 0 Å². The lowest BCUT2D eigenvalue weighted by molar-refractivity contribution is 0.410. The van der Waals surface area contributed by atoms with Crippen molar-refractivity contribution in [1.29, 1.82) is 5.41 Å². The van der Waals surface area contributed by atoms with Crippen LogP contribution in [-0.2, 0) is 0 Å². The molecule has 0 bridgehead atoms. The van der Waals surface area contributed by atoms with Crippen LogP contribution in [0.1, 0.15) is 5.01 Å². The molecule has 5 rings (SSSR count). The summed E-state index contributed by atoms with van der Waals surface area (Å²) in [5.74, 6) is 1.09. The van der Waals surface area contributed by atoms with Crippen LogP contribution in [0, 0.1) is 5.41 Å². The van der Waals surface area contributed by atoms with E-state index in [9.17, 15) is 5.11 Å². The summed E-state index contributed by atoms with van der Waals surface area (Å²) in [5, 5.41) is 21.9. The molecule has 0 unspecified atom stereocenters. The lowest BCUT2D eigenvalue weighted by Crippen LogP contribution is -2.25. The van der Waals surface area contributed by atoms with Gasteiger partial charge in [-0.05, 0) is 23.3 Å². The standard InChI is InChI=1S/C26H21N3O2S/c1-31-21-9-5-8-20(14-21)29-15-23(30)24(25(29)27)26-28-22(16-32-26)19-12-10-18(11-13-19)17-6-3-2-4-7-17/h2-14,16,27,30H,15H2,1H3. The Morgan fingerprint density at radius 2 is 1.66 bits per heavy atom. The molecule has 0 aliphatic carbocycles. The number of nitrogens with one attached hydrogen (secondary N) is 1. The van der Waals surface area contributed by atoms with E-state index in [1.807, 2.05) is 47.8 Å². The Morgan fingerprint density at radius 3 is 2.41 bits per heavy atom. The summed E-state index contributed by atoms with van der Waals surface area (Å²) in [5.41, 5.74) is 5.43. The fraction of sp³-hybridized carbons (Fsp3) is 0.0769. The summed E-state index contributed by atoms with van der Waals surface area (Å²) in [4.78, 5) is 6.49. The van der Waals surface area contributed by atoms with Gasteiger partial charge in [-0.2, -0.15) is 0 Å². The molecule has 1 aliphatic heterocycles. The molecule has 3 aromatic carbocycles. The van der Waals surface area contributed by atoms with Crippen LogP contribution in [0.3, 0.4) is 0 Å². The maximum atomic E-state index is 10.6. The number of hydrogen-bond acceptors (Lipinski definition) is 5. The Labute approximate surface area is 190 Å². The van der Waals surface area contributed by atoms with Crippen LogP contribution in [0.4, 0.5) is 5.69 Å². The number of aromatic nitrogens is 1. The average molecular weight is 440 g/mol. The molecule has 0 atom stereocenters. The van der Waals surface area contributed by atoms with Crippen LogP contribution in [0.15, 0.2) is 90.0 Å². The average Bonchev–Trinajstić information content (AvgIpc) is 3.44. The molecular weight excluding hydrogens is 418 g/mol. The van der Waals surface area contributed by atoms with E-state index < -0.39 is 0 Å². The van der Waals surface area contributed by atoms with Gasteiger partial charge in [0.05, 0.1) is 24.9 Å². The molecule has 32 heavy (non-hydrogen) atoms. The molecule has 4 aromatic rings. The molecule has 0 amide bonds. The quantitative estimate of drug-likeness (QED) is 0.385. The van der Waals surface area contributed by atoms with Crippen LogP contribution in [-0.4, -0.2) is 29.6 Å². The van der Waals surface area contributed by atoms with Gasteiger partial charge in [0.1, 0.15) is 22.4 Å². The number of hydrogen-bond donors (Lipinski definition) is 2. The maximum absolute atomic E-state index is 10.6. The zero-order valence-corrected chi connectivity index (χ0v) is 18.3. The van der Waals surface area contributed by atoms with Gasteiger partial charge in [0, 0.05) is 22.7 Å². The molecule has 1 aliphatic rings. The Kier molecular flexibility index (Phi) is 5.21. The molecule has 0 radical (unpaired) electrons. The molecule has 0 saturated heterocycles. The highest BCUT2D eigenvalue weighted by Crippen LogP contribution is 2.35. The molecule has 158 valence electrons. The second-order valence-electron chi connectivity index (χ2n) is 7.44. The normalized spacial score (nSPS) is 13.7. The molecule has 0 fully saturated rings. The number of thiazole rings is 1. The van der Waals surface area contributed by atoms with Crippen molar-refractivity contribution in [2.45, 2.75) is 0 Å². The molecule has 0 saturated carbocycles. The van der Waals surface area contributed by atoms with Crippen LogP contribution in [0.2, 0.25) is 0 Å². The third-order valence-corrected chi connectivity index (χ3v) is 6.33. The predicted molar refractivity (Wildman–Crippen MR) is 131 cm³/mol. The molecule has 6 heteroatoms. The smallest absolute Gasteiger partial charge is 0.139 e. The summed E-state index contributed by atoms with van der Waals surface area (Å²) in [6.45, 7) is 0.238. The monoisotopic (exact) mass is 439 g/mol. The first-order valence-electron chi connectivity index (χ1n) is 10.2. The van der Waals surface area contributed by atoms with Crippen molar-refractivity contribution >= 4 is 28.4 Å². The van der Waals surface area contributed by atoms with Crippen LogP contribution >= 0.6 is 11.3 Å². The van der Waals surface area contributed by atoms with E-state index in [0.717, 1.165) is 22.5 Å². The first kappa shape index (κ1) is 20.0. The number of nitrogens with zero attached hydrogens (tertiary/aromatic N) is 2. The molecule has 1 aromatic heterocycles. The van der Waals surface area contributed by atoms with Gasteiger partial charge in [0.25, 0.3) is 0 Å². The van der Waals surface area contributed by atoms with Crippen molar-refractivity contribution in [3.05, 3.63) is 95.0 Å². The van der Waals surface area contributed by atoms with Gasteiger partial charge in [-0.15, -0.1) is 11.3 Å². The minimum atomic E-state index is 0.151. The van der Waals surface area contributed by atoms with Gasteiger partial charge in [-0.3, -0.25) is 5.41 Å². The summed E-state index contributed by atoms with van der Waals surface area (Å²) >= 11 is 1.43. The van der Waals surface area contributed by atoms with Gasteiger partial charge >= 0.3 is 0 Å². The number of benzene rings is 3. The zero-order valence-electron chi connectivity index (χ0n) is 17.4. The van der Waals surface area contributed by atoms with E-state index in [2.05, 4.69) is 36.4 Å². The Morgan fingerprint density at radius 1 is 0.938 bits per heavy atom. The summed E-state index contributed by atoms with van der Waals surface area (Å²) in [7, 11) is 1.61. The van der Waals surface area contributed by atoms with Crippen LogP contribution < -0.4 is 9.64 Å². The topological polar surface area (TPSA) is 69.4 Å². The van der Waals surface area contributed by atoms with E-state index in [4.69, 9.17) is 15.1 Å². The van der Waals surface area contributed by atoms with Crippen molar-refractivity contribution in [2.24, 2.45) is 0 Å². The molecule has 5 nitrogen and oxygen atoms in total. The third kappa shape index (κ3) is 3.65. The van der Waals surface area contributed by atoms with E-state index >= 15 is 0 Å². The van der Waals surface area contributed by atoms with E-state index in [-0.39, 0.29) is 18.1 Å². The van der Waals surface area contributed by atoms with Crippen molar-refractivity contribution < 1.29 is 9.84 Å². The minimum Gasteiger partial charge on any atom is -0.510 e. The zero-order chi connectivity index (χ0) is 22.1. The second-order valence-corrected chi connectivity index (χ2v) is 8.30. The lowest BCUT2D eigenvalue weighted by atomic mass is 10.0. The second kappa shape index (κ2) is 8.32. The molecule has 2 heterocycles. The third-order valence-electron chi connectivity index (χ3n) is 5.47. The molecule has 0 spiro atoms. The van der Waals surface area contributed by atoms with Crippen molar-refractivity contribution in [3.63, 3.8) is 0 Å². The number of methoxy groups -OCH3 is 1. The number of aliphatic hydroxyl groups excluding tert-OH is 1. The molecular formula is C26H21N3O2S. The predicted octanol–water partition coefficient (Wildman–Crippen LogP) is 6.25. The largest absolute Gasteiger partial charge is 0.510 e. The number of aliphatic hydroxyl groups is 1. The van der Waals surface area contributed by atoms with E-state index in [1.165, 1.54) is 16.9 Å². The van der Waals surface area contributed by atoms with Gasteiger partial charge < -0.3 is 14.7 Å². The first-order valence-corrected chi connectivity index (χ1v) is 11.1. The summed E-state index contributed by atoms with van der Waals surface area (Å²) < 4.78 is 5.29. The summed E-state index contributed by atoms with van der Waals surface area (Å²) in [6.07, 6.45) is 0. The highest BCUT2D eigenvalue weighted by atomic mass is 32.1. The van der Waals surface area contributed by atoms with Gasteiger partial charge in [-0.1, -0.05) is 60.7 Å². The highest BCUT2D eigenvalue weighted by Gasteiger charge is 2.31. The number of amidine groups is 1. The summed E-state index contributed by atoms with van der Waals surface area (Å²) in [6, 6.07) is 26.0. The van der Waals surface area contributed by atoms with E-state index in [0.29, 0.717) is 16.3 Å².